The predicted octanol–water partition coefficient (Wildman–Crippen LogP) is 25.0. The van der Waals surface area contributed by atoms with Crippen LogP contribution in [-0.4, -0.2) is 37.2 Å². The lowest BCUT2D eigenvalue weighted by Gasteiger charge is -2.18. The number of hydrogen-bond donors (Lipinski definition) is 0. The third-order valence-corrected chi connectivity index (χ3v) is 15.8. The van der Waals surface area contributed by atoms with Crippen LogP contribution in [0.1, 0.15) is 367 Å². The lowest BCUT2D eigenvalue weighted by atomic mass is 10.0. The van der Waals surface area contributed by atoms with Crippen LogP contribution in [0.5, 0.6) is 0 Å². The summed E-state index contributed by atoms with van der Waals surface area (Å²) in [6, 6.07) is 0. The van der Waals surface area contributed by atoms with Crippen molar-refractivity contribution in [3.05, 3.63) is 85.1 Å². The van der Waals surface area contributed by atoms with Crippen LogP contribution in [0.3, 0.4) is 0 Å². The fourth-order valence-corrected chi connectivity index (χ4v) is 10.4. The summed E-state index contributed by atoms with van der Waals surface area (Å²) in [5, 5.41) is 0. The zero-order valence-corrected chi connectivity index (χ0v) is 55.2. The summed E-state index contributed by atoms with van der Waals surface area (Å²) in [6.45, 7) is 6.63. The molecule has 0 amide bonds. The van der Waals surface area contributed by atoms with Crippen LogP contribution in [0.2, 0.25) is 0 Å². The third-order valence-electron chi connectivity index (χ3n) is 15.8. The maximum atomic E-state index is 13.0. The summed E-state index contributed by atoms with van der Waals surface area (Å²) in [5.41, 5.74) is 0. The molecule has 0 N–H and O–H groups in total. The second-order valence-corrected chi connectivity index (χ2v) is 24.1. The van der Waals surface area contributed by atoms with Gasteiger partial charge in [0.15, 0.2) is 6.10 Å². The van der Waals surface area contributed by atoms with Crippen molar-refractivity contribution in [3.63, 3.8) is 0 Å². The SMILES string of the molecule is CCCCC/C=C\C/C=C\C/C=C\CCCCCCCCC(=O)OCC(COC(=O)CCCCCCCCCCCCCCC/C=C\C/C=C\CCCCCCC)OC(=O)CCCCCCCCCCC/C=C\C/C=C\CCCCCCC. The van der Waals surface area contributed by atoms with E-state index in [4.69, 9.17) is 14.2 Å². The number of carbonyl (C=O) groups is 3. The smallest absolute Gasteiger partial charge is 0.306 e. The van der Waals surface area contributed by atoms with Gasteiger partial charge >= 0.3 is 17.9 Å². The van der Waals surface area contributed by atoms with Crippen molar-refractivity contribution in [3.8, 4) is 0 Å². The Morgan fingerprint density at radius 1 is 0.241 bits per heavy atom. The largest absolute Gasteiger partial charge is 0.462 e. The fourth-order valence-electron chi connectivity index (χ4n) is 10.4. The van der Waals surface area contributed by atoms with E-state index in [-0.39, 0.29) is 31.1 Å². The van der Waals surface area contributed by atoms with E-state index in [0.717, 1.165) is 89.9 Å². The van der Waals surface area contributed by atoms with Gasteiger partial charge < -0.3 is 14.2 Å². The molecule has 0 aliphatic heterocycles. The number of unbranched alkanes of at least 4 members (excludes halogenated alkanes) is 41. The Morgan fingerprint density at radius 2 is 0.434 bits per heavy atom. The first-order valence-corrected chi connectivity index (χ1v) is 36.1. The molecule has 0 radical (unpaired) electrons. The molecule has 1 atom stereocenters. The lowest BCUT2D eigenvalue weighted by molar-refractivity contribution is -0.167. The standard InChI is InChI=1S/C77H136O6/c1-4-7-10-13-16-19-22-25-28-31-34-36-37-38-39-41-43-46-49-52-55-58-61-64-67-70-76(79)82-73-74(72-81-75(78)69-66-63-60-57-54-51-48-45-42-33-30-27-24-21-18-15-12-9-6-3)83-77(80)71-68-65-62-59-56-53-50-47-44-40-35-32-29-26-23-20-17-14-11-8-5-2/h18,21-23,25-27,30-32,34-35,42,45,74H,4-17,19-20,24,28-29,33,36-41,43-44,46-73H2,1-3H3/b21-18-,25-22-,26-23-,30-27-,34-31-,35-32-,45-42-. The van der Waals surface area contributed by atoms with E-state index >= 15 is 0 Å². The molecule has 0 saturated heterocycles. The van der Waals surface area contributed by atoms with Crippen LogP contribution >= 0.6 is 0 Å². The number of rotatable bonds is 66. The Bertz CT molecular complexity index is 1570. The quantitative estimate of drug-likeness (QED) is 0.0261. The van der Waals surface area contributed by atoms with E-state index in [1.807, 2.05) is 0 Å². The van der Waals surface area contributed by atoms with E-state index in [1.165, 1.54) is 238 Å². The van der Waals surface area contributed by atoms with Crippen LogP contribution < -0.4 is 0 Å². The topological polar surface area (TPSA) is 78.9 Å². The number of hydrogen-bond acceptors (Lipinski definition) is 6. The molecule has 6 nitrogen and oxygen atoms in total. The van der Waals surface area contributed by atoms with Gasteiger partial charge in [-0.15, -0.1) is 0 Å². The van der Waals surface area contributed by atoms with Crippen LogP contribution in [-0.2, 0) is 28.6 Å². The average Bonchev–Trinajstić information content (AvgIpc) is 3.49. The van der Waals surface area contributed by atoms with Crippen molar-refractivity contribution >= 4 is 17.9 Å². The van der Waals surface area contributed by atoms with E-state index in [9.17, 15) is 14.4 Å². The molecule has 0 aromatic carbocycles. The van der Waals surface area contributed by atoms with Crippen molar-refractivity contribution in [1.29, 1.82) is 0 Å². The molecule has 1 unspecified atom stereocenters. The zero-order valence-electron chi connectivity index (χ0n) is 55.2. The van der Waals surface area contributed by atoms with Gasteiger partial charge in [-0.3, -0.25) is 14.4 Å². The number of allylic oxidation sites excluding steroid dienone is 14. The molecular formula is C77H136O6. The van der Waals surface area contributed by atoms with Gasteiger partial charge in [0.2, 0.25) is 0 Å². The van der Waals surface area contributed by atoms with Crippen molar-refractivity contribution in [2.24, 2.45) is 0 Å². The summed E-state index contributed by atoms with van der Waals surface area (Å²) in [7, 11) is 0. The van der Waals surface area contributed by atoms with E-state index in [2.05, 4.69) is 106 Å². The number of esters is 3. The number of ether oxygens (including phenoxy) is 3. The Hall–Kier alpha value is -3.41. The molecule has 0 rings (SSSR count). The van der Waals surface area contributed by atoms with E-state index in [0.29, 0.717) is 19.3 Å². The Morgan fingerprint density at radius 3 is 0.699 bits per heavy atom. The lowest BCUT2D eigenvalue weighted by Crippen LogP contribution is -2.30. The summed E-state index contributed by atoms with van der Waals surface area (Å²) >= 11 is 0. The summed E-state index contributed by atoms with van der Waals surface area (Å²) in [5.74, 6) is -0.880. The first-order valence-electron chi connectivity index (χ1n) is 36.1. The van der Waals surface area contributed by atoms with Crippen molar-refractivity contribution in [2.45, 2.75) is 374 Å². The molecule has 0 bridgehead atoms. The second-order valence-electron chi connectivity index (χ2n) is 24.1. The molecular weight excluding hydrogens is 1020 g/mol. The molecule has 0 aliphatic rings. The zero-order chi connectivity index (χ0) is 59.9. The van der Waals surface area contributed by atoms with Gasteiger partial charge in [0.25, 0.3) is 0 Å². The summed E-state index contributed by atoms with van der Waals surface area (Å²) in [6.07, 6.45) is 94.6. The molecule has 83 heavy (non-hydrogen) atoms. The highest BCUT2D eigenvalue weighted by atomic mass is 16.6. The van der Waals surface area contributed by atoms with Crippen LogP contribution in [0.15, 0.2) is 85.1 Å². The van der Waals surface area contributed by atoms with Crippen LogP contribution in [0.4, 0.5) is 0 Å². The molecule has 0 heterocycles. The second kappa shape index (κ2) is 71.1. The maximum Gasteiger partial charge on any atom is 0.306 e. The Kier molecular flexibility index (Phi) is 68.2. The van der Waals surface area contributed by atoms with Gasteiger partial charge in [-0.25, -0.2) is 0 Å². The molecule has 0 saturated carbocycles. The molecule has 0 aromatic rings. The van der Waals surface area contributed by atoms with Gasteiger partial charge in [0, 0.05) is 19.3 Å². The van der Waals surface area contributed by atoms with Crippen LogP contribution in [0.25, 0.3) is 0 Å². The van der Waals surface area contributed by atoms with Gasteiger partial charge in [-0.2, -0.15) is 0 Å². The first-order chi connectivity index (χ1) is 41.0. The van der Waals surface area contributed by atoms with Crippen molar-refractivity contribution < 1.29 is 28.6 Å². The van der Waals surface area contributed by atoms with E-state index in [1.54, 1.807) is 0 Å². The van der Waals surface area contributed by atoms with Crippen LogP contribution in [0, 0.1) is 0 Å². The Balaban J connectivity index is 4.37. The van der Waals surface area contributed by atoms with Gasteiger partial charge in [0.1, 0.15) is 13.2 Å². The third kappa shape index (κ3) is 69.3. The molecule has 480 valence electrons. The molecule has 6 heteroatoms. The average molecular weight is 1160 g/mol. The minimum atomic E-state index is -0.788. The normalized spacial score (nSPS) is 12.6. The molecule has 0 aromatic heterocycles. The minimum absolute atomic E-state index is 0.0810. The summed E-state index contributed by atoms with van der Waals surface area (Å²) < 4.78 is 17.0. The fraction of sp³-hybridized carbons (Fsp3) is 0.779. The first kappa shape index (κ1) is 79.6. The molecule has 0 aliphatic carbocycles. The van der Waals surface area contributed by atoms with Crippen molar-refractivity contribution in [2.75, 3.05) is 13.2 Å². The summed E-state index contributed by atoms with van der Waals surface area (Å²) in [4.78, 5) is 38.5. The van der Waals surface area contributed by atoms with E-state index < -0.39 is 6.10 Å². The maximum absolute atomic E-state index is 13.0. The van der Waals surface area contributed by atoms with Crippen molar-refractivity contribution in [1.82, 2.24) is 0 Å². The number of carbonyl (C=O) groups excluding carboxylic acids is 3. The highest BCUT2D eigenvalue weighted by Gasteiger charge is 2.19. The molecule has 0 fully saturated rings. The highest BCUT2D eigenvalue weighted by molar-refractivity contribution is 5.71. The highest BCUT2D eigenvalue weighted by Crippen LogP contribution is 2.17. The molecule has 0 spiro atoms. The van der Waals surface area contributed by atoms with Gasteiger partial charge in [-0.05, 0) is 122 Å². The predicted molar refractivity (Wildman–Crippen MR) is 362 cm³/mol. The van der Waals surface area contributed by atoms with Gasteiger partial charge in [-0.1, -0.05) is 311 Å². The minimum Gasteiger partial charge on any atom is -0.462 e. The monoisotopic (exact) mass is 1160 g/mol. The van der Waals surface area contributed by atoms with Gasteiger partial charge in [0.05, 0.1) is 0 Å². The Labute approximate surface area is 515 Å².